The Morgan fingerprint density at radius 2 is 1.92 bits per heavy atom. The molecule has 0 bridgehead atoms. The first-order chi connectivity index (χ1) is 12.8. The predicted octanol–water partition coefficient (Wildman–Crippen LogP) is 2.67. The van der Waals surface area contributed by atoms with Gasteiger partial charge in [-0.25, -0.2) is 0 Å². The van der Waals surface area contributed by atoms with Crippen LogP contribution in [0.3, 0.4) is 0 Å². The molecule has 0 saturated carbocycles. The van der Waals surface area contributed by atoms with Gasteiger partial charge in [-0.05, 0) is 19.3 Å². The van der Waals surface area contributed by atoms with Crippen molar-refractivity contribution in [2.75, 3.05) is 39.4 Å². The Hall–Kier alpha value is -2.18. The Balaban J connectivity index is 1.53. The summed E-state index contributed by atoms with van der Waals surface area (Å²) in [5, 5.41) is 4.09. The number of ether oxygens (including phenoxy) is 1. The number of piperidine rings is 1. The summed E-state index contributed by atoms with van der Waals surface area (Å²) in [5.41, 5.74) is 2.10. The summed E-state index contributed by atoms with van der Waals surface area (Å²) in [4.78, 5) is 17.7. The van der Waals surface area contributed by atoms with Crippen LogP contribution in [0.2, 0.25) is 0 Å². The minimum atomic E-state index is 0.0306. The summed E-state index contributed by atoms with van der Waals surface area (Å²) >= 11 is 0. The molecule has 0 spiro atoms. The monoisotopic (exact) mass is 355 g/mol. The third-order valence-corrected chi connectivity index (χ3v) is 5.31. The molecule has 138 valence electrons. The molecule has 4 rings (SSSR count). The molecule has 2 aliphatic heterocycles. The number of benzene rings is 1. The number of rotatable bonds is 4. The second-order valence-electron chi connectivity index (χ2n) is 7.00. The van der Waals surface area contributed by atoms with E-state index in [-0.39, 0.29) is 11.9 Å². The number of hydrogen-bond donors (Lipinski definition) is 0. The van der Waals surface area contributed by atoms with E-state index in [1.807, 2.05) is 35.2 Å². The maximum absolute atomic E-state index is 13.3. The number of likely N-dealkylation sites (tertiary alicyclic amines) is 1. The van der Waals surface area contributed by atoms with Gasteiger partial charge in [0, 0.05) is 37.8 Å². The normalized spacial score (nSPS) is 21.7. The maximum atomic E-state index is 13.3. The molecule has 0 radical (unpaired) electrons. The highest BCUT2D eigenvalue weighted by Crippen LogP contribution is 2.26. The van der Waals surface area contributed by atoms with Crippen LogP contribution < -0.4 is 0 Å². The van der Waals surface area contributed by atoms with Gasteiger partial charge < -0.3 is 14.2 Å². The molecule has 0 N–H and O–H groups in total. The van der Waals surface area contributed by atoms with Crippen LogP contribution >= 0.6 is 0 Å². The van der Waals surface area contributed by atoms with Gasteiger partial charge in [0.15, 0.2) is 0 Å². The molecule has 1 aromatic carbocycles. The summed E-state index contributed by atoms with van der Waals surface area (Å²) < 4.78 is 10.6. The molecule has 3 heterocycles. The molecular formula is C20H25N3O3. The summed E-state index contributed by atoms with van der Waals surface area (Å²) in [6, 6.07) is 9.99. The average Bonchev–Trinajstić information content (AvgIpc) is 3.19. The molecule has 0 unspecified atom stereocenters. The number of hydrogen-bond acceptors (Lipinski definition) is 5. The lowest BCUT2D eigenvalue weighted by Crippen LogP contribution is -2.51. The van der Waals surface area contributed by atoms with Gasteiger partial charge in [-0.2, -0.15) is 0 Å². The van der Waals surface area contributed by atoms with Crippen LogP contribution in [0.25, 0.3) is 11.3 Å². The van der Waals surface area contributed by atoms with Crippen molar-refractivity contribution in [1.82, 2.24) is 15.0 Å². The number of carbonyl (C=O) groups is 1. The molecule has 1 atom stereocenters. The van der Waals surface area contributed by atoms with Crippen LogP contribution in [0.5, 0.6) is 0 Å². The van der Waals surface area contributed by atoms with E-state index in [1.165, 1.54) is 12.7 Å². The molecule has 6 nitrogen and oxygen atoms in total. The molecule has 26 heavy (non-hydrogen) atoms. The van der Waals surface area contributed by atoms with Crippen molar-refractivity contribution in [2.24, 2.45) is 0 Å². The SMILES string of the molecule is O=C(c1conc1-c1ccccc1)N1CCCC[C@@H]1CN1CCOCC1. The second kappa shape index (κ2) is 8.01. The van der Waals surface area contributed by atoms with Gasteiger partial charge in [0.2, 0.25) is 0 Å². The number of aromatic nitrogens is 1. The largest absolute Gasteiger partial charge is 0.379 e. The van der Waals surface area contributed by atoms with Crippen LogP contribution in [0, 0.1) is 0 Å². The zero-order chi connectivity index (χ0) is 17.8. The summed E-state index contributed by atoms with van der Waals surface area (Å²) in [6.07, 6.45) is 4.77. The molecule has 2 aromatic rings. The number of nitrogens with zero attached hydrogens (tertiary/aromatic N) is 3. The van der Waals surface area contributed by atoms with E-state index in [1.54, 1.807) is 0 Å². The van der Waals surface area contributed by atoms with Crippen molar-refractivity contribution >= 4 is 5.91 Å². The molecule has 6 heteroatoms. The first kappa shape index (κ1) is 17.2. The summed E-state index contributed by atoms with van der Waals surface area (Å²) in [6.45, 7) is 5.17. The first-order valence-electron chi connectivity index (χ1n) is 9.44. The van der Waals surface area contributed by atoms with E-state index in [0.29, 0.717) is 11.3 Å². The third-order valence-electron chi connectivity index (χ3n) is 5.31. The molecule has 0 aliphatic carbocycles. The molecule has 1 aromatic heterocycles. The predicted molar refractivity (Wildman–Crippen MR) is 97.9 cm³/mol. The quantitative estimate of drug-likeness (QED) is 0.844. The summed E-state index contributed by atoms with van der Waals surface area (Å²) in [7, 11) is 0. The zero-order valence-corrected chi connectivity index (χ0v) is 15.0. The second-order valence-corrected chi connectivity index (χ2v) is 7.00. The van der Waals surface area contributed by atoms with Crippen molar-refractivity contribution in [2.45, 2.75) is 25.3 Å². The first-order valence-corrected chi connectivity index (χ1v) is 9.44. The van der Waals surface area contributed by atoms with E-state index < -0.39 is 0 Å². The van der Waals surface area contributed by atoms with Crippen LogP contribution in [0.1, 0.15) is 29.6 Å². The fourth-order valence-corrected chi connectivity index (χ4v) is 3.89. The van der Waals surface area contributed by atoms with Gasteiger partial charge in [0.1, 0.15) is 17.5 Å². The van der Waals surface area contributed by atoms with Crippen LogP contribution in [-0.2, 0) is 4.74 Å². The van der Waals surface area contributed by atoms with Gasteiger partial charge in [-0.15, -0.1) is 0 Å². The average molecular weight is 355 g/mol. The number of amides is 1. The van der Waals surface area contributed by atoms with Crippen molar-refractivity contribution in [3.8, 4) is 11.3 Å². The fourth-order valence-electron chi connectivity index (χ4n) is 3.89. The van der Waals surface area contributed by atoms with Crippen LogP contribution in [0.15, 0.2) is 41.1 Å². The van der Waals surface area contributed by atoms with E-state index in [9.17, 15) is 4.79 Å². The third kappa shape index (κ3) is 3.66. The van der Waals surface area contributed by atoms with Crippen LogP contribution in [-0.4, -0.2) is 66.3 Å². The fraction of sp³-hybridized carbons (Fsp3) is 0.500. The smallest absolute Gasteiger partial charge is 0.259 e. The highest BCUT2D eigenvalue weighted by molar-refractivity contribution is 5.99. The molecule has 1 amide bonds. The van der Waals surface area contributed by atoms with Gasteiger partial charge in [0.25, 0.3) is 5.91 Å². The summed E-state index contributed by atoms with van der Waals surface area (Å²) in [5.74, 6) is 0.0306. The molecule has 2 aliphatic rings. The van der Waals surface area contributed by atoms with E-state index in [4.69, 9.17) is 9.26 Å². The Labute approximate surface area is 153 Å². The van der Waals surface area contributed by atoms with Gasteiger partial charge >= 0.3 is 0 Å². The number of carbonyl (C=O) groups excluding carboxylic acids is 1. The molecule has 2 saturated heterocycles. The standard InChI is InChI=1S/C20H25N3O3/c24-20(18-15-26-21-19(18)16-6-2-1-3-7-16)23-9-5-4-8-17(23)14-22-10-12-25-13-11-22/h1-3,6-7,15,17H,4-5,8-14H2/t17-/m1/s1. The van der Waals surface area contributed by atoms with E-state index >= 15 is 0 Å². The van der Waals surface area contributed by atoms with Crippen LogP contribution in [0.4, 0.5) is 0 Å². The van der Waals surface area contributed by atoms with Crippen molar-refractivity contribution in [3.05, 3.63) is 42.2 Å². The van der Waals surface area contributed by atoms with E-state index in [0.717, 1.165) is 57.8 Å². The van der Waals surface area contributed by atoms with E-state index in [2.05, 4.69) is 10.1 Å². The zero-order valence-electron chi connectivity index (χ0n) is 15.0. The lowest BCUT2D eigenvalue weighted by atomic mass is 9.99. The topological polar surface area (TPSA) is 58.8 Å². The Morgan fingerprint density at radius 1 is 1.12 bits per heavy atom. The molecule has 2 fully saturated rings. The maximum Gasteiger partial charge on any atom is 0.259 e. The van der Waals surface area contributed by atoms with Gasteiger partial charge in [-0.1, -0.05) is 35.5 Å². The van der Waals surface area contributed by atoms with Crippen molar-refractivity contribution in [3.63, 3.8) is 0 Å². The minimum absolute atomic E-state index is 0.0306. The van der Waals surface area contributed by atoms with Crippen molar-refractivity contribution < 1.29 is 14.1 Å². The van der Waals surface area contributed by atoms with Crippen molar-refractivity contribution in [1.29, 1.82) is 0 Å². The molecular weight excluding hydrogens is 330 g/mol. The Morgan fingerprint density at radius 3 is 2.73 bits per heavy atom. The Bertz CT molecular complexity index is 725. The number of morpholine rings is 1. The highest BCUT2D eigenvalue weighted by atomic mass is 16.5. The van der Waals surface area contributed by atoms with Gasteiger partial charge in [-0.3, -0.25) is 9.69 Å². The Kier molecular flexibility index (Phi) is 5.32. The lowest BCUT2D eigenvalue weighted by molar-refractivity contribution is 0.0166. The van der Waals surface area contributed by atoms with Gasteiger partial charge in [0.05, 0.1) is 13.2 Å². The lowest BCUT2D eigenvalue weighted by Gasteiger charge is -2.39. The highest BCUT2D eigenvalue weighted by Gasteiger charge is 2.31. The minimum Gasteiger partial charge on any atom is -0.379 e.